The summed E-state index contributed by atoms with van der Waals surface area (Å²) in [6.45, 7) is 2.00. The van der Waals surface area contributed by atoms with Crippen molar-refractivity contribution in [2.75, 3.05) is 32.9 Å². The Morgan fingerprint density at radius 3 is 2.77 bits per heavy atom. The third-order valence-corrected chi connectivity index (χ3v) is 4.40. The van der Waals surface area contributed by atoms with E-state index in [1.54, 1.807) is 41.4 Å². The lowest BCUT2D eigenvalue weighted by Gasteiger charge is -2.33. The number of hydrogen-bond acceptors (Lipinski definition) is 6. The fourth-order valence-corrected chi connectivity index (χ4v) is 2.97. The predicted octanol–water partition coefficient (Wildman–Crippen LogP) is -0.255. The lowest BCUT2D eigenvalue weighted by molar-refractivity contribution is -0.139. The highest BCUT2D eigenvalue weighted by molar-refractivity contribution is 5.92. The molecule has 1 aromatic heterocycles. The maximum absolute atomic E-state index is 12.3. The number of aliphatic hydroxyl groups is 1. The van der Waals surface area contributed by atoms with Gasteiger partial charge in [0, 0.05) is 19.3 Å². The molecule has 0 saturated carbocycles. The summed E-state index contributed by atoms with van der Waals surface area (Å²) in [4.78, 5) is 30.3. The van der Waals surface area contributed by atoms with Crippen molar-refractivity contribution in [1.82, 2.24) is 15.2 Å². The summed E-state index contributed by atoms with van der Waals surface area (Å²) in [6.07, 6.45) is 4.23. The first-order valence-corrected chi connectivity index (χ1v) is 8.69. The molecule has 0 aliphatic carbocycles. The van der Waals surface area contributed by atoms with Crippen LogP contribution in [0.3, 0.4) is 0 Å². The van der Waals surface area contributed by atoms with Crippen LogP contribution in [0.5, 0.6) is 0 Å². The number of rotatable bonds is 5. The highest BCUT2D eigenvalue weighted by Gasteiger charge is 2.30. The highest BCUT2D eigenvalue weighted by atomic mass is 16.5. The van der Waals surface area contributed by atoms with Crippen LogP contribution >= 0.6 is 0 Å². The summed E-state index contributed by atoms with van der Waals surface area (Å²) in [6, 6.07) is 4.59. The maximum Gasteiger partial charge on any atom is 0.270 e. The van der Waals surface area contributed by atoms with Crippen molar-refractivity contribution in [3.8, 4) is 0 Å². The van der Waals surface area contributed by atoms with Gasteiger partial charge in [-0.25, -0.2) is 0 Å². The molecule has 3 atom stereocenters. The second-order valence-electron chi connectivity index (χ2n) is 6.19. The Kier molecular flexibility index (Phi) is 6.32. The first-order valence-electron chi connectivity index (χ1n) is 8.69. The van der Waals surface area contributed by atoms with E-state index in [1.807, 2.05) is 0 Å². The number of carbonyl (C=O) groups is 2. The van der Waals surface area contributed by atoms with Gasteiger partial charge in [-0.05, 0) is 12.1 Å². The minimum atomic E-state index is -0.616. The summed E-state index contributed by atoms with van der Waals surface area (Å²) in [5.74, 6) is -0.347. The van der Waals surface area contributed by atoms with E-state index in [-0.39, 0.29) is 24.8 Å². The Labute approximate surface area is 151 Å². The van der Waals surface area contributed by atoms with E-state index in [9.17, 15) is 14.7 Å². The van der Waals surface area contributed by atoms with Crippen LogP contribution in [0.2, 0.25) is 0 Å². The lowest BCUT2D eigenvalue weighted by atomic mass is 10.0. The Morgan fingerprint density at radius 2 is 2.08 bits per heavy atom. The molecule has 1 aromatic rings. The number of ether oxygens (including phenoxy) is 2. The van der Waals surface area contributed by atoms with Gasteiger partial charge in [-0.15, -0.1) is 0 Å². The van der Waals surface area contributed by atoms with Crippen LogP contribution in [0.1, 0.15) is 16.9 Å². The summed E-state index contributed by atoms with van der Waals surface area (Å²) < 4.78 is 11.0. The molecule has 1 saturated heterocycles. The largest absolute Gasteiger partial charge is 0.394 e. The van der Waals surface area contributed by atoms with E-state index in [0.29, 0.717) is 32.0 Å². The zero-order chi connectivity index (χ0) is 18.4. The third kappa shape index (κ3) is 4.66. The minimum Gasteiger partial charge on any atom is -0.394 e. The smallest absolute Gasteiger partial charge is 0.270 e. The van der Waals surface area contributed by atoms with E-state index >= 15 is 0 Å². The Morgan fingerprint density at radius 1 is 1.27 bits per heavy atom. The van der Waals surface area contributed by atoms with E-state index in [4.69, 9.17) is 9.47 Å². The van der Waals surface area contributed by atoms with Gasteiger partial charge in [-0.2, -0.15) is 0 Å². The average molecular weight is 361 g/mol. The number of aromatic nitrogens is 1. The molecule has 3 heterocycles. The molecule has 1 fully saturated rings. The lowest BCUT2D eigenvalue weighted by Crippen LogP contribution is -2.49. The summed E-state index contributed by atoms with van der Waals surface area (Å²) >= 11 is 0. The number of carbonyl (C=O) groups excluding carboxylic acids is 2. The van der Waals surface area contributed by atoms with E-state index in [0.717, 1.165) is 0 Å². The normalized spacial score (nSPS) is 25.7. The molecule has 2 amide bonds. The minimum absolute atomic E-state index is 0.00406. The molecular formula is C18H23N3O5. The van der Waals surface area contributed by atoms with Crippen molar-refractivity contribution in [2.45, 2.75) is 24.7 Å². The third-order valence-electron chi connectivity index (χ3n) is 4.40. The quantitative estimate of drug-likeness (QED) is 0.701. The SMILES string of the molecule is O=C(N[C@H]1C=C[C@H](CC(=O)N2CCOCC2)O[C@@H]1CO)c1ccccn1. The van der Waals surface area contributed by atoms with Crippen LogP contribution in [0, 0.1) is 0 Å². The zero-order valence-electron chi connectivity index (χ0n) is 14.4. The molecule has 140 valence electrons. The van der Waals surface area contributed by atoms with Gasteiger partial charge in [0.05, 0.1) is 38.4 Å². The molecule has 0 aromatic carbocycles. The molecule has 0 bridgehead atoms. The van der Waals surface area contributed by atoms with Gasteiger partial charge < -0.3 is 24.8 Å². The number of morpholine rings is 1. The number of hydrogen-bond donors (Lipinski definition) is 2. The Bertz CT molecular complexity index is 645. The Balaban J connectivity index is 1.57. The Hall–Kier alpha value is -2.29. The fourth-order valence-electron chi connectivity index (χ4n) is 2.97. The standard InChI is InChI=1S/C18H23N3O5/c22-12-16-14(20-18(24)15-3-1-2-6-19-15)5-4-13(26-16)11-17(23)21-7-9-25-10-8-21/h1-6,13-14,16,22H,7-12H2,(H,20,24)/t13-,14+,16-/m1/s1. The first-order chi connectivity index (χ1) is 12.7. The molecule has 2 aliphatic rings. The molecule has 0 spiro atoms. The number of nitrogens with one attached hydrogen (secondary N) is 1. The molecule has 0 radical (unpaired) electrons. The van der Waals surface area contributed by atoms with Crippen molar-refractivity contribution >= 4 is 11.8 Å². The number of aliphatic hydroxyl groups excluding tert-OH is 1. The van der Waals surface area contributed by atoms with Crippen LogP contribution in [0.25, 0.3) is 0 Å². The molecular weight excluding hydrogens is 338 g/mol. The van der Waals surface area contributed by atoms with Gasteiger partial charge in [0.2, 0.25) is 5.91 Å². The van der Waals surface area contributed by atoms with Crippen LogP contribution in [0.15, 0.2) is 36.5 Å². The first kappa shape index (κ1) is 18.5. The van der Waals surface area contributed by atoms with Crippen LogP contribution in [-0.4, -0.2) is 78.0 Å². The zero-order valence-corrected chi connectivity index (χ0v) is 14.4. The van der Waals surface area contributed by atoms with E-state index in [1.165, 1.54) is 0 Å². The van der Waals surface area contributed by atoms with Crippen molar-refractivity contribution in [2.24, 2.45) is 0 Å². The van der Waals surface area contributed by atoms with Gasteiger partial charge >= 0.3 is 0 Å². The summed E-state index contributed by atoms with van der Waals surface area (Å²) in [5.41, 5.74) is 0.294. The topological polar surface area (TPSA) is 101 Å². The van der Waals surface area contributed by atoms with E-state index < -0.39 is 18.2 Å². The maximum atomic E-state index is 12.3. The predicted molar refractivity (Wildman–Crippen MR) is 92.4 cm³/mol. The van der Waals surface area contributed by atoms with Gasteiger partial charge in [0.1, 0.15) is 11.8 Å². The van der Waals surface area contributed by atoms with Gasteiger partial charge in [0.25, 0.3) is 5.91 Å². The summed E-state index contributed by atoms with van der Waals surface area (Å²) in [5, 5.41) is 12.4. The number of amides is 2. The van der Waals surface area contributed by atoms with E-state index in [2.05, 4.69) is 10.3 Å². The van der Waals surface area contributed by atoms with Crippen LogP contribution in [0.4, 0.5) is 0 Å². The second kappa shape index (κ2) is 8.88. The van der Waals surface area contributed by atoms with Gasteiger partial charge in [-0.3, -0.25) is 14.6 Å². The van der Waals surface area contributed by atoms with Crippen molar-refractivity contribution in [3.05, 3.63) is 42.2 Å². The molecule has 26 heavy (non-hydrogen) atoms. The van der Waals surface area contributed by atoms with Crippen molar-refractivity contribution in [1.29, 1.82) is 0 Å². The van der Waals surface area contributed by atoms with Crippen LogP contribution < -0.4 is 5.32 Å². The van der Waals surface area contributed by atoms with Gasteiger partial charge in [-0.1, -0.05) is 18.2 Å². The molecule has 8 heteroatoms. The summed E-state index contributed by atoms with van der Waals surface area (Å²) in [7, 11) is 0. The molecule has 2 N–H and O–H groups in total. The second-order valence-corrected chi connectivity index (χ2v) is 6.19. The molecule has 2 aliphatic heterocycles. The monoisotopic (exact) mass is 361 g/mol. The average Bonchev–Trinajstić information content (AvgIpc) is 2.70. The highest BCUT2D eigenvalue weighted by Crippen LogP contribution is 2.17. The molecule has 0 unspecified atom stereocenters. The number of pyridine rings is 1. The fraction of sp³-hybridized carbons (Fsp3) is 0.500. The molecule has 3 rings (SSSR count). The van der Waals surface area contributed by atoms with Crippen LogP contribution in [-0.2, 0) is 14.3 Å². The molecule has 8 nitrogen and oxygen atoms in total. The van der Waals surface area contributed by atoms with Gasteiger partial charge in [0.15, 0.2) is 0 Å². The van der Waals surface area contributed by atoms with Crippen molar-refractivity contribution in [3.63, 3.8) is 0 Å². The number of nitrogens with zero attached hydrogens (tertiary/aromatic N) is 2. The van der Waals surface area contributed by atoms with Crippen molar-refractivity contribution < 1.29 is 24.2 Å².